The number of ether oxygens (including phenoxy) is 1. The second kappa shape index (κ2) is 7.79. The van der Waals surface area contributed by atoms with E-state index in [-0.39, 0.29) is 18.4 Å². The minimum atomic E-state index is -0.130. The zero-order chi connectivity index (χ0) is 16.8. The summed E-state index contributed by atoms with van der Waals surface area (Å²) in [6, 6.07) is 9.44. The fourth-order valence-electron chi connectivity index (χ4n) is 2.45. The van der Waals surface area contributed by atoms with Crippen LogP contribution in [0.25, 0.3) is 6.08 Å². The summed E-state index contributed by atoms with van der Waals surface area (Å²) in [6.07, 6.45) is 3.99. The first kappa shape index (κ1) is 16.3. The maximum atomic E-state index is 12.0. The Balaban J connectivity index is 1.46. The van der Waals surface area contributed by atoms with Crippen LogP contribution in [0.15, 0.2) is 47.2 Å². The first-order valence-corrected chi connectivity index (χ1v) is 8.68. The molecule has 0 radical (unpaired) electrons. The van der Waals surface area contributed by atoms with E-state index in [2.05, 4.69) is 5.32 Å². The van der Waals surface area contributed by atoms with Gasteiger partial charge in [0.15, 0.2) is 6.61 Å². The van der Waals surface area contributed by atoms with Crippen LogP contribution in [0.3, 0.4) is 0 Å². The average molecular weight is 342 g/mol. The number of carbonyl (C=O) groups is 2. The van der Waals surface area contributed by atoms with Gasteiger partial charge in [0.25, 0.3) is 5.91 Å². The molecular formula is C18H18N2O3S. The van der Waals surface area contributed by atoms with Crippen molar-refractivity contribution in [2.45, 2.75) is 6.42 Å². The maximum absolute atomic E-state index is 12.0. The third kappa shape index (κ3) is 4.02. The van der Waals surface area contributed by atoms with Gasteiger partial charge in [-0.25, -0.2) is 0 Å². The Morgan fingerprint density at radius 1 is 1.33 bits per heavy atom. The van der Waals surface area contributed by atoms with Gasteiger partial charge >= 0.3 is 0 Å². The number of fused-ring (bicyclic) bond motifs is 1. The molecule has 0 spiro atoms. The van der Waals surface area contributed by atoms with Crippen LogP contribution in [0.2, 0.25) is 0 Å². The normalized spacial score (nSPS) is 13.7. The number of carbonyl (C=O) groups excluding carboxylic acids is 2. The fourth-order valence-corrected chi connectivity index (χ4v) is 3.08. The molecule has 0 aliphatic carbocycles. The molecular weight excluding hydrogens is 324 g/mol. The molecule has 2 heterocycles. The molecule has 0 saturated heterocycles. The van der Waals surface area contributed by atoms with Gasteiger partial charge in [-0.2, -0.15) is 11.3 Å². The Hall–Kier alpha value is -2.60. The third-order valence-electron chi connectivity index (χ3n) is 3.64. The molecule has 5 nitrogen and oxygen atoms in total. The standard InChI is InChI=1S/C18H18N2O3S/c21-17(7-6-14-8-11-24-13-14)19-9-3-10-20-15-4-1-2-5-16(15)23-12-18(20)22/h1-2,4-8,11,13H,3,9-10,12H2,(H,19,21)/b7-6+. The average Bonchev–Trinajstić information content (AvgIpc) is 3.12. The third-order valence-corrected chi connectivity index (χ3v) is 4.34. The molecule has 2 amide bonds. The van der Waals surface area contributed by atoms with Crippen molar-refractivity contribution < 1.29 is 14.3 Å². The molecule has 0 atom stereocenters. The van der Waals surface area contributed by atoms with Gasteiger partial charge in [-0.1, -0.05) is 12.1 Å². The molecule has 24 heavy (non-hydrogen) atoms. The smallest absolute Gasteiger partial charge is 0.265 e. The second-order valence-corrected chi connectivity index (χ2v) is 6.12. The zero-order valence-corrected chi connectivity index (χ0v) is 13.9. The first-order valence-electron chi connectivity index (χ1n) is 7.74. The van der Waals surface area contributed by atoms with Crippen LogP contribution in [0, 0.1) is 0 Å². The van der Waals surface area contributed by atoms with E-state index in [1.54, 1.807) is 22.3 Å². The van der Waals surface area contributed by atoms with Crippen molar-refractivity contribution in [1.29, 1.82) is 0 Å². The largest absolute Gasteiger partial charge is 0.482 e. The highest BCUT2D eigenvalue weighted by molar-refractivity contribution is 7.08. The molecule has 1 aromatic carbocycles. The quantitative estimate of drug-likeness (QED) is 0.649. The highest BCUT2D eigenvalue weighted by Gasteiger charge is 2.24. The van der Waals surface area contributed by atoms with Crippen LogP contribution in [0.1, 0.15) is 12.0 Å². The number of hydrogen-bond donors (Lipinski definition) is 1. The van der Waals surface area contributed by atoms with Crippen molar-refractivity contribution in [3.63, 3.8) is 0 Å². The minimum Gasteiger partial charge on any atom is -0.482 e. The van der Waals surface area contributed by atoms with E-state index >= 15 is 0 Å². The molecule has 0 saturated carbocycles. The van der Waals surface area contributed by atoms with Gasteiger partial charge in [0.2, 0.25) is 5.91 Å². The Bertz CT molecular complexity index is 740. The van der Waals surface area contributed by atoms with Crippen molar-refractivity contribution in [2.75, 3.05) is 24.6 Å². The SMILES string of the molecule is O=C(/C=C/c1ccsc1)NCCCN1C(=O)COc2ccccc21. The number of rotatable bonds is 6. The van der Waals surface area contributed by atoms with Crippen molar-refractivity contribution in [2.24, 2.45) is 0 Å². The lowest BCUT2D eigenvalue weighted by molar-refractivity contribution is -0.121. The van der Waals surface area contributed by atoms with Crippen LogP contribution in [0.4, 0.5) is 5.69 Å². The lowest BCUT2D eigenvalue weighted by atomic mass is 10.2. The van der Waals surface area contributed by atoms with E-state index < -0.39 is 0 Å². The molecule has 1 aromatic heterocycles. The predicted octanol–water partition coefficient (Wildman–Crippen LogP) is 2.69. The summed E-state index contributed by atoms with van der Waals surface area (Å²) < 4.78 is 5.41. The molecule has 2 aromatic rings. The van der Waals surface area contributed by atoms with Crippen LogP contribution in [-0.4, -0.2) is 31.5 Å². The topological polar surface area (TPSA) is 58.6 Å². The highest BCUT2D eigenvalue weighted by atomic mass is 32.1. The molecule has 0 bridgehead atoms. The summed E-state index contributed by atoms with van der Waals surface area (Å²) in [6.45, 7) is 1.13. The van der Waals surface area contributed by atoms with Gasteiger partial charge in [0.1, 0.15) is 5.75 Å². The van der Waals surface area contributed by atoms with Gasteiger partial charge in [0.05, 0.1) is 5.69 Å². The van der Waals surface area contributed by atoms with E-state index in [4.69, 9.17) is 4.74 Å². The van der Waals surface area contributed by atoms with Crippen LogP contribution >= 0.6 is 11.3 Å². The van der Waals surface area contributed by atoms with E-state index in [0.717, 1.165) is 17.0 Å². The van der Waals surface area contributed by atoms with Gasteiger partial charge in [-0.3, -0.25) is 9.59 Å². The monoisotopic (exact) mass is 342 g/mol. The second-order valence-electron chi connectivity index (χ2n) is 5.34. The van der Waals surface area contributed by atoms with Crippen LogP contribution in [0.5, 0.6) is 5.75 Å². The Labute approximate surface area is 144 Å². The molecule has 3 rings (SSSR count). The van der Waals surface area contributed by atoms with Crippen molar-refractivity contribution in [3.8, 4) is 5.75 Å². The number of amides is 2. The number of benzene rings is 1. The lowest BCUT2D eigenvalue weighted by Gasteiger charge is -2.29. The zero-order valence-electron chi connectivity index (χ0n) is 13.1. The fraction of sp³-hybridized carbons (Fsp3) is 0.222. The van der Waals surface area contributed by atoms with Gasteiger partial charge in [-0.15, -0.1) is 0 Å². The van der Waals surface area contributed by atoms with Crippen LogP contribution < -0.4 is 15.0 Å². The lowest BCUT2D eigenvalue weighted by Crippen LogP contribution is -2.40. The number of nitrogens with one attached hydrogen (secondary N) is 1. The summed E-state index contributed by atoms with van der Waals surface area (Å²) in [5, 5.41) is 6.78. The summed E-state index contributed by atoms with van der Waals surface area (Å²) in [5.74, 6) is 0.534. The van der Waals surface area contributed by atoms with Gasteiger partial charge in [-0.05, 0) is 47.0 Å². The predicted molar refractivity (Wildman–Crippen MR) is 95.3 cm³/mol. The first-order chi connectivity index (χ1) is 11.7. The number of para-hydroxylation sites is 2. The molecule has 6 heteroatoms. The van der Waals surface area contributed by atoms with Crippen molar-refractivity contribution in [1.82, 2.24) is 5.32 Å². The van der Waals surface area contributed by atoms with Gasteiger partial charge in [0, 0.05) is 19.2 Å². The minimum absolute atomic E-state index is 0.0580. The summed E-state index contributed by atoms with van der Waals surface area (Å²) >= 11 is 1.59. The Morgan fingerprint density at radius 2 is 2.21 bits per heavy atom. The summed E-state index contributed by atoms with van der Waals surface area (Å²) in [5.41, 5.74) is 1.81. The molecule has 0 unspecified atom stereocenters. The Kier molecular flexibility index (Phi) is 5.28. The van der Waals surface area contributed by atoms with Crippen LogP contribution in [-0.2, 0) is 9.59 Å². The number of thiophene rings is 1. The van der Waals surface area contributed by atoms with Gasteiger partial charge < -0.3 is 15.0 Å². The maximum Gasteiger partial charge on any atom is 0.265 e. The Morgan fingerprint density at radius 3 is 3.04 bits per heavy atom. The number of hydrogen-bond acceptors (Lipinski definition) is 4. The van der Waals surface area contributed by atoms with E-state index in [9.17, 15) is 9.59 Å². The van der Waals surface area contributed by atoms with Crippen molar-refractivity contribution in [3.05, 3.63) is 52.7 Å². The molecule has 1 aliphatic heterocycles. The summed E-state index contributed by atoms with van der Waals surface area (Å²) in [7, 11) is 0. The highest BCUT2D eigenvalue weighted by Crippen LogP contribution is 2.31. The number of nitrogens with zero attached hydrogens (tertiary/aromatic N) is 1. The molecule has 1 aliphatic rings. The van der Waals surface area contributed by atoms with Crippen molar-refractivity contribution >= 4 is 34.9 Å². The molecule has 0 fully saturated rings. The van der Waals surface area contributed by atoms with E-state index in [0.29, 0.717) is 19.5 Å². The summed E-state index contributed by atoms with van der Waals surface area (Å²) in [4.78, 5) is 25.5. The van der Waals surface area contributed by atoms with E-state index in [1.165, 1.54) is 6.08 Å². The number of anilines is 1. The van der Waals surface area contributed by atoms with E-state index in [1.807, 2.05) is 41.1 Å². The molecule has 1 N–H and O–H groups in total. The molecule has 124 valence electrons.